The van der Waals surface area contributed by atoms with Gasteiger partial charge < -0.3 is 21.3 Å². The third-order valence-electron chi connectivity index (χ3n) is 2.59. The van der Waals surface area contributed by atoms with Crippen LogP contribution in [0, 0.1) is 13.8 Å². The maximum absolute atomic E-state index is 9.91. The Kier molecular flexibility index (Phi) is 3.55. The Bertz CT molecular complexity index is 364. The summed E-state index contributed by atoms with van der Waals surface area (Å²) in [4.78, 5) is 0. The van der Waals surface area contributed by atoms with Crippen LogP contribution in [0.1, 0.15) is 22.7 Å². The molecular weight excluding hydrogens is 192 g/mol. The topological polar surface area (TPSA) is 81.5 Å². The van der Waals surface area contributed by atoms with Crippen molar-refractivity contribution in [3.63, 3.8) is 0 Å². The molecule has 0 amide bonds. The molecule has 0 aromatic heterocycles. The van der Waals surface area contributed by atoms with Crippen LogP contribution >= 0.6 is 0 Å². The zero-order chi connectivity index (χ0) is 11.6. The standard InChI is InChI=1S/C11H18N2O2/c1-6-4-9(15-3)7(2)10(11(6)14)8(13)5-12/h4,8,14H,5,12-13H2,1-3H3/t8-/m1/s1. The molecule has 1 aromatic carbocycles. The summed E-state index contributed by atoms with van der Waals surface area (Å²) in [6, 6.07) is 1.43. The van der Waals surface area contributed by atoms with E-state index in [-0.39, 0.29) is 11.8 Å². The highest BCUT2D eigenvalue weighted by Gasteiger charge is 2.17. The van der Waals surface area contributed by atoms with Crippen molar-refractivity contribution in [2.24, 2.45) is 11.5 Å². The van der Waals surface area contributed by atoms with Gasteiger partial charge in [0.05, 0.1) is 7.11 Å². The Labute approximate surface area is 89.8 Å². The minimum absolute atomic E-state index is 0.214. The molecule has 0 heterocycles. The van der Waals surface area contributed by atoms with Crippen LogP contribution in [0.2, 0.25) is 0 Å². The van der Waals surface area contributed by atoms with Gasteiger partial charge in [0.25, 0.3) is 0 Å². The Hall–Kier alpha value is -1.26. The van der Waals surface area contributed by atoms with Gasteiger partial charge in [-0.15, -0.1) is 0 Å². The van der Waals surface area contributed by atoms with Crippen LogP contribution in [-0.4, -0.2) is 18.8 Å². The predicted octanol–water partition coefficient (Wildman–Crippen LogP) is 0.976. The molecule has 0 radical (unpaired) electrons. The Morgan fingerprint density at radius 3 is 2.53 bits per heavy atom. The van der Waals surface area contributed by atoms with Gasteiger partial charge in [0, 0.05) is 18.2 Å². The Balaban J connectivity index is 3.40. The molecular formula is C11H18N2O2. The number of hydrogen-bond donors (Lipinski definition) is 3. The van der Waals surface area contributed by atoms with E-state index in [1.54, 1.807) is 13.2 Å². The summed E-state index contributed by atoms with van der Waals surface area (Å²) < 4.78 is 5.21. The van der Waals surface area contributed by atoms with Gasteiger partial charge in [-0.25, -0.2) is 0 Å². The number of phenols is 1. The van der Waals surface area contributed by atoms with E-state index in [9.17, 15) is 5.11 Å². The smallest absolute Gasteiger partial charge is 0.123 e. The van der Waals surface area contributed by atoms with Crippen LogP contribution in [0.25, 0.3) is 0 Å². The molecule has 1 rings (SSSR count). The van der Waals surface area contributed by atoms with Crippen molar-refractivity contribution in [2.75, 3.05) is 13.7 Å². The van der Waals surface area contributed by atoms with Crippen LogP contribution in [0.5, 0.6) is 11.5 Å². The van der Waals surface area contributed by atoms with Crippen molar-refractivity contribution >= 4 is 0 Å². The SMILES string of the molecule is COc1cc(C)c(O)c([C@H](N)CN)c1C. The maximum atomic E-state index is 9.91. The lowest BCUT2D eigenvalue weighted by atomic mass is 9.97. The van der Waals surface area contributed by atoms with Gasteiger partial charge in [0.15, 0.2) is 0 Å². The number of nitrogens with two attached hydrogens (primary N) is 2. The number of phenolic OH excluding ortho intramolecular Hbond substituents is 1. The van der Waals surface area contributed by atoms with Crippen molar-refractivity contribution < 1.29 is 9.84 Å². The lowest BCUT2D eigenvalue weighted by Gasteiger charge is -2.18. The van der Waals surface area contributed by atoms with E-state index in [0.717, 1.165) is 16.9 Å². The highest BCUT2D eigenvalue weighted by atomic mass is 16.5. The highest BCUT2D eigenvalue weighted by Crippen LogP contribution is 2.35. The van der Waals surface area contributed by atoms with Gasteiger partial charge in [-0.05, 0) is 31.0 Å². The van der Waals surface area contributed by atoms with Crippen LogP contribution in [0.15, 0.2) is 6.07 Å². The minimum atomic E-state index is -0.362. The van der Waals surface area contributed by atoms with Gasteiger partial charge >= 0.3 is 0 Å². The fraction of sp³-hybridized carbons (Fsp3) is 0.455. The number of aromatic hydroxyl groups is 1. The quantitative estimate of drug-likeness (QED) is 0.694. The molecule has 0 fully saturated rings. The number of ether oxygens (including phenoxy) is 1. The second kappa shape index (κ2) is 4.51. The number of hydrogen-bond acceptors (Lipinski definition) is 4. The van der Waals surface area contributed by atoms with Crippen molar-refractivity contribution in [3.05, 3.63) is 22.8 Å². The van der Waals surface area contributed by atoms with E-state index < -0.39 is 0 Å². The molecule has 0 spiro atoms. The molecule has 0 unspecified atom stereocenters. The molecule has 4 heteroatoms. The van der Waals surface area contributed by atoms with Crippen molar-refractivity contribution in [1.82, 2.24) is 0 Å². The Morgan fingerprint density at radius 1 is 1.47 bits per heavy atom. The van der Waals surface area contributed by atoms with Crippen molar-refractivity contribution in [2.45, 2.75) is 19.9 Å². The summed E-state index contributed by atoms with van der Waals surface area (Å²) in [5.74, 6) is 0.940. The van der Waals surface area contributed by atoms with E-state index >= 15 is 0 Å². The van der Waals surface area contributed by atoms with Gasteiger partial charge in [-0.3, -0.25) is 0 Å². The molecule has 0 aliphatic rings. The third-order valence-corrected chi connectivity index (χ3v) is 2.59. The molecule has 0 aliphatic heterocycles. The summed E-state index contributed by atoms with van der Waals surface area (Å²) in [5, 5.41) is 9.91. The molecule has 0 saturated carbocycles. The lowest BCUT2D eigenvalue weighted by molar-refractivity contribution is 0.404. The van der Waals surface area contributed by atoms with E-state index in [1.165, 1.54) is 0 Å². The van der Waals surface area contributed by atoms with E-state index in [4.69, 9.17) is 16.2 Å². The first-order valence-electron chi connectivity index (χ1n) is 4.85. The molecule has 84 valence electrons. The summed E-state index contributed by atoms with van der Waals surface area (Å²) in [6.07, 6.45) is 0. The van der Waals surface area contributed by atoms with Crippen LogP contribution in [0.4, 0.5) is 0 Å². The summed E-state index contributed by atoms with van der Waals surface area (Å²) in [7, 11) is 1.59. The van der Waals surface area contributed by atoms with Gasteiger partial charge in [-0.1, -0.05) is 0 Å². The van der Waals surface area contributed by atoms with Crippen LogP contribution < -0.4 is 16.2 Å². The fourth-order valence-corrected chi connectivity index (χ4v) is 1.68. The van der Waals surface area contributed by atoms with E-state index in [0.29, 0.717) is 12.1 Å². The lowest BCUT2D eigenvalue weighted by Crippen LogP contribution is -2.22. The zero-order valence-electron chi connectivity index (χ0n) is 9.37. The number of methoxy groups -OCH3 is 1. The molecule has 0 saturated heterocycles. The molecule has 15 heavy (non-hydrogen) atoms. The fourth-order valence-electron chi connectivity index (χ4n) is 1.68. The first-order chi connectivity index (χ1) is 7.02. The summed E-state index contributed by atoms with van der Waals surface area (Å²) in [5.41, 5.74) is 13.6. The van der Waals surface area contributed by atoms with Crippen molar-refractivity contribution in [1.29, 1.82) is 0 Å². The van der Waals surface area contributed by atoms with Crippen molar-refractivity contribution in [3.8, 4) is 11.5 Å². The Morgan fingerprint density at radius 2 is 2.07 bits per heavy atom. The average Bonchev–Trinajstić information content (AvgIpc) is 2.23. The molecule has 4 nitrogen and oxygen atoms in total. The zero-order valence-corrected chi connectivity index (χ0v) is 9.37. The first-order valence-corrected chi connectivity index (χ1v) is 4.85. The van der Waals surface area contributed by atoms with E-state index in [2.05, 4.69) is 0 Å². The summed E-state index contributed by atoms with van der Waals surface area (Å²) in [6.45, 7) is 3.97. The predicted molar refractivity (Wildman–Crippen MR) is 60.1 cm³/mol. The minimum Gasteiger partial charge on any atom is -0.507 e. The third kappa shape index (κ3) is 2.06. The van der Waals surface area contributed by atoms with Gasteiger partial charge in [0.2, 0.25) is 0 Å². The highest BCUT2D eigenvalue weighted by molar-refractivity contribution is 5.53. The molecule has 1 aromatic rings. The first kappa shape index (κ1) is 11.8. The summed E-state index contributed by atoms with van der Waals surface area (Å²) >= 11 is 0. The molecule has 0 aliphatic carbocycles. The van der Waals surface area contributed by atoms with Gasteiger partial charge in [0.1, 0.15) is 11.5 Å². The largest absolute Gasteiger partial charge is 0.507 e. The number of rotatable bonds is 3. The number of aryl methyl sites for hydroxylation is 1. The normalized spacial score (nSPS) is 12.6. The second-order valence-corrected chi connectivity index (χ2v) is 3.63. The monoisotopic (exact) mass is 210 g/mol. The van der Waals surface area contributed by atoms with Crippen LogP contribution in [0.3, 0.4) is 0 Å². The van der Waals surface area contributed by atoms with Crippen LogP contribution in [-0.2, 0) is 0 Å². The number of benzene rings is 1. The molecule has 1 atom stereocenters. The van der Waals surface area contributed by atoms with E-state index in [1.807, 2.05) is 13.8 Å². The van der Waals surface area contributed by atoms with Gasteiger partial charge in [-0.2, -0.15) is 0 Å². The second-order valence-electron chi connectivity index (χ2n) is 3.63. The molecule has 5 N–H and O–H groups in total. The average molecular weight is 210 g/mol. The maximum Gasteiger partial charge on any atom is 0.123 e. The molecule has 0 bridgehead atoms.